The molecule has 7 nitrogen and oxygen atoms in total. The average Bonchev–Trinajstić information content (AvgIpc) is 3.24. The fourth-order valence-corrected chi connectivity index (χ4v) is 6.46. The molecular weight excluding hydrogens is 533 g/mol. The monoisotopic (exact) mass is 571 g/mol. The second-order valence-electron chi connectivity index (χ2n) is 10.8. The average molecular weight is 572 g/mol. The van der Waals surface area contributed by atoms with Gasteiger partial charge in [0.1, 0.15) is 17.6 Å². The number of halogens is 1. The number of ether oxygens (including phenoxy) is 1. The van der Waals surface area contributed by atoms with Gasteiger partial charge in [0.15, 0.2) is 4.34 Å². The number of alkyl halides is 1. The van der Waals surface area contributed by atoms with E-state index in [2.05, 4.69) is 22.9 Å². The van der Waals surface area contributed by atoms with Gasteiger partial charge >= 0.3 is 6.09 Å². The van der Waals surface area contributed by atoms with Gasteiger partial charge in [0.25, 0.3) is 0 Å². The van der Waals surface area contributed by atoms with Crippen LogP contribution in [0.1, 0.15) is 68.2 Å². The highest BCUT2D eigenvalue weighted by Gasteiger charge is 2.27. The molecule has 0 atom stereocenters. The van der Waals surface area contributed by atoms with E-state index in [4.69, 9.17) is 14.7 Å². The number of rotatable bonds is 8. The Kier molecular flexibility index (Phi) is 9.48. The normalized spacial score (nSPS) is 14.5. The zero-order chi connectivity index (χ0) is 28.2. The quantitative estimate of drug-likeness (QED) is 0.263. The van der Waals surface area contributed by atoms with Gasteiger partial charge in [0, 0.05) is 41.2 Å². The molecule has 1 amide bonds. The number of pyridine rings is 2. The smallest absolute Gasteiger partial charge is 0.416 e. The summed E-state index contributed by atoms with van der Waals surface area (Å²) in [6.45, 7) is 13.1. The highest BCUT2D eigenvalue weighted by molar-refractivity contribution is 8.00. The van der Waals surface area contributed by atoms with E-state index in [9.17, 15) is 9.18 Å². The Balaban J connectivity index is 1.70. The molecule has 10 heteroatoms. The topological polar surface area (TPSA) is 71.5 Å². The highest BCUT2D eigenvalue weighted by Crippen LogP contribution is 2.33. The lowest BCUT2D eigenvalue weighted by Crippen LogP contribution is -2.38. The van der Waals surface area contributed by atoms with Crippen molar-refractivity contribution in [2.45, 2.75) is 89.2 Å². The van der Waals surface area contributed by atoms with Crippen molar-refractivity contribution < 1.29 is 13.9 Å². The van der Waals surface area contributed by atoms with Crippen molar-refractivity contribution in [3.05, 3.63) is 58.0 Å². The van der Waals surface area contributed by atoms with Gasteiger partial charge in [-0.05, 0) is 72.1 Å². The lowest BCUT2D eigenvalue weighted by atomic mass is 10.1. The van der Waals surface area contributed by atoms with Crippen LogP contribution < -0.4 is 9.80 Å². The Morgan fingerprint density at radius 3 is 2.54 bits per heavy atom. The van der Waals surface area contributed by atoms with Gasteiger partial charge in [-0.1, -0.05) is 24.8 Å². The lowest BCUT2D eigenvalue weighted by molar-refractivity contribution is 0.0576. The summed E-state index contributed by atoms with van der Waals surface area (Å²) >= 11 is 3.36. The minimum Gasteiger partial charge on any atom is -0.443 e. The summed E-state index contributed by atoms with van der Waals surface area (Å²) in [7, 11) is 0. The van der Waals surface area contributed by atoms with Gasteiger partial charge in [-0.25, -0.2) is 19.2 Å². The van der Waals surface area contributed by atoms with E-state index in [0.717, 1.165) is 39.2 Å². The summed E-state index contributed by atoms with van der Waals surface area (Å²) in [5, 5.41) is 0. The highest BCUT2D eigenvalue weighted by atomic mass is 32.2. The van der Waals surface area contributed by atoms with Crippen LogP contribution in [0.5, 0.6) is 0 Å². The van der Waals surface area contributed by atoms with E-state index in [1.54, 1.807) is 28.0 Å². The maximum Gasteiger partial charge on any atom is 0.416 e. The van der Waals surface area contributed by atoms with E-state index < -0.39 is 17.9 Å². The molecule has 0 N–H and O–H groups in total. The second-order valence-corrected chi connectivity index (χ2v) is 13.1. The van der Waals surface area contributed by atoms with Crippen molar-refractivity contribution in [3.8, 4) is 0 Å². The lowest BCUT2D eigenvalue weighted by Gasteiger charge is -2.32. The first-order valence-corrected chi connectivity index (χ1v) is 15.2. The fraction of sp³-hybridized carbons (Fsp3) is 0.517. The van der Waals surface area contributed by atoms with Crippen LogP contribution in [0, 0.1) is 13.8 Å². The summed E-state index contributed by atoms with van der Waals surface area (Å²) in [6.07, 6.45) is 0.680. The molecule has 1 aliphatic rings. The summed E-state index contributed by atoms with van der Waals surface area (Å²) in [4.78, 5) is 32.8. The number of nitrogens with zero attached hydrogens (tertiary/aromatic N) is 5. The van der Waals surface area contributed by atoms with Crippen molar-refractivity contribution in [3.63, 3.8) is 0 Å². The Bertz CT molecular complexity index is 1280. The van der Waals surface area contributed by atoms with E-state index in [1.165, 1.54) is 4.88 Å². The van der Waals surface area contributed by atoms with Gasteiger partial charge in [0.2, 0.25) is 0 Å². The summed E-state index contributed by atoms with van der Waals surface area (Å²) in [5.41, 5.74) is 3.77. The van der Waals surface area contributed by atoms with E-state index in [0.29, 0.717) is 37.5 Å². The first-order valence-electron chi connectivity index (χ1n) is 13.4. The Morgan fingerprint density at radius 2 is 1.90 bits per heavy atom. The van der Waals surface area contributed by atoms with Gasteiger partial charge in [0.05, 0.1) is 23.6 Å². The summed E-state index contributed by atoms with van der Waals surface area (Å²) in [5.74, 6) is 1.09. The minimum atomic E-state index is -0.774. The maximum atomic E-state index is 13.9. The van der Waals surface area contributed by atoms with Crippen LogP contribution in [0.15, 0.2) is 34.7 Å². The molecule has 0 spiro atoms. The summed E-state index contributed by atoms with van der Waals surface area (Å²) in [6, 6.07) is 9.71. The minimum absolute atomic E-state index is 0.220. The number of aryl methyl sites for hydroxylation is 3. The number of carbonyl (C=O) groups excluding carboxylic acids is 1. The van der Waals surface area contributed by atoms with Crippen molar-refractivity contribution in [1.82, 2.24) is 15.0 Å². The zero-order valence-electron chi connectivity index (χ0n) is 23.7. The van der Waals surface area contributed by atoms with Crippen LogP contribution in [0.2, 0.25) is 0 Å². The van der Waals surface area contributed by atoms with Gasteiger partial charge in [-0.15, -0.1) is 11.3 Å². The Hall–Kier alpha value is -2.72. The van der Waals surface area contributed by atoms with Crippen LogP contribution in [-0.4, -0.2) is 45.9 Å². The number of amides is 1. The van der Waals surface area contributed by atoms with E-state index in [-0.39, 0.29) is 6.54 Å². The molecule has 0 aliphatic carbocycles. The Labute approximate surface area is 239 Å². The molecular formula is C29H38FN5O2S2. The predicted octanol–water partition coefficient (Wildman–Crippen LogP) is 7.28. The molecule has 3 aromatic heterocycles. The molecule has 0 aromatic carbocycles. The van der Waals surface area contributed by atoms with Gasteiger partial charge < -0.3 is 9.64 Å². The number of hydrogen-bond acceptors (Lipinski definition) is 8. The van der Waals surface area contributed by atoms with Gasteiger partial charge in [-0.3, -0.25) is 9.88 Å². The van der Waals surface area contributed by atoms with Crippen molar-refractivity contribution >= 4 is 40.7 Å². The number of piperidine rings is 1. The molecule has 4 rings (SSSR count). The number of carbonyl (C=O) groups is 1. The van der Waals surface area contributed by atoms with Crippen molar-refractivity contribution in [2.75, 3.05) is 22.9 Å². The van der Waals surface area contributed by atoms with Crippen LogP contribution in [0.25, 0.3) is 0 Å². The van der Waals surface area contributed by atoms with Crippen molar-refractivity contribution in [1.29, 1.82) is 0 Å². The molecule has 0 radical (unpaired) electrons. The predicted molar refractivity (Wildman–Crippen MR) is 158 cm³/mol. The van der Waals surface area contributed by atoms with Crippen molar-refractivity contribution in [2.24, 2.45) is 0 Å². The molecule has 4 heterocycles. The molecule has 1 saturated heterocycles. The third-order valence-electron chi connectivity index (χ3n) is 6.33. The third kappa shape index (κ3) is 8.14. The number of anilines is 2. The molecule has 1 fully saturated rings. The standard InChI is InChI=1S/C29H38FN5O2S2/c1-7-25-20(3)32-27(39-25)38-18-23-15-24(34-13-11-21(30)12-14-34)16-26(33-23)35(28(36)37-29(4,5)6)17-22-10-8-9-19(2)31-22/h8-10,15-16,21H,7,11-14,17-18H2,1-6H3. The van der Waals surface area contributed by atoms with Crippen LogP contribution >= 0.6 is 23.1 Å². The number of hydrogen-bond donors (Lipinski definition) is 0. The Morgan fingerprint density at radius 1 is 1.15 bits per heavy atom. The van der Waals surface area contributed by atoms with Crippen LogP contribution in [0.4, 0.5) is 20.7 Å². The third-order valence-corrected chi connectivity index (χ3v) is 8.81. The molecule has 0 bridgehead atoms. The van der Waals surface area contributed by atoms with E-state index in [1.807, 2.05) is 58.9 Å². The summed E-state index contributed by atoms with van der Waals surface area (Å²) < 4.78 is 20.7. The molecule has 39 heavy (non-hydrogen) atoms. The molecule has 0 unspecified atom stereocenters. The first-order chi connectivity index (χ1) is 18.5. The molecule has 210 valence electrons. The number of thiazole rings is 1. The number of aromatic nitrogens is 3. The van der Waals surface area contributed by atoms with Gasteiger partial charge in [-0.2, -0.15) is 0 Å². The van der Waals surface area contributed by atoms with Crippen LogP contribution in [0.3, 0.4) is 0 Å². The molecule has 1 aliphatic heterocycles. The zero-order valence-corrected chi connectivity index (χ0v) is 25.3. The second kappa shape index (κ2) is 12.6. The molecule has 0 saturated carbocycles. The maximum absolute atomic E-state index is 13.9. The largest absolute Gasteiger partial charge is 0.443 e. The first kappa shape index (κ1) is 29.3. The number of thioether (sulfide) groups is 1. The molecule has 3 aromatic rings. The van der Waals surface area contributed by atoms with Crippen LogP contribution in [-0.2, 0) is 23.5 Å². The fourth-order valence-electron chi connectivity index (χ4n) is 4.39. The SMILES string of the molecule is CCc1sc(SCc2cc(N3CCC(F)CC3)cc(N(Cc3cccc(C)n3)C(=O)OC(C)(C)C)n2)nc1C. The van der Waals surface area contributed by atoms with E-state index >= 15 is 0 Å².